The standard InChI is InChI=1S/C16H14N2O3S/c1-9-10(2)22-15-13(9)14(17-8-18-15)21-12-6-4-5-11(7-12)16(19)20-3/h4-8H,1-3H3. The molecule has 3 rings (SSSR count). The van der Waals surface area contributed by atoms with Crippen molar-refractivity contribution in [3.05, 3.63) is 46.6 Å². The van der Waals surface area contributed by atoms with E-state index in [1.54, 1.807) is 35.6 Å². The molecule has 22 heavy (non-hydrogen) atoms. The third kappa shape index (κ3) is 2.53. The number of hydrogen-bond donors (Lipinski definition) is 0. The van der Waals surface area contributed by atoms with Crippen LogP contribution in [0.15, 0.2) is 30.6 Å². The summed E-state index contributed by atoms with van der Waals surface area (Å²) < 4.78 is 10.6. The van der Waals surface area contributed by atoms with E-state index >= 15 is 0 Å². The highest BCUT2D eigenvalue weighted by molar-refractivity contribution is 7.18. The van der Waals surface area contributed by atoms with E-state index in [0.717, 1.165) is 15.8 Å². The van der Waals surface area contributed by atoms with E-state index in [1.165, 1.54) is 18.3 Å². The summed E-state index contributed by atoms with van der Waals surface area (Å²) in [6.07, 6.45) is 1.48. The molecule has 0 radical (unpaired) electrons. The Labute approximate surface area is 131 Å². The van der Waals surface area contributed by atoms with Gasteiger partial charge in [0, 0.05) is 4.88 Å². The van der Waals surface area contributed by atoms with Crippen molar-refractivity contribution in [2.45, 2.75) is 13.8 Å². The van der Waals surface area contributed by atoms with Gasteiger partial charge in [-0.25, -0.2) is 14.8 Å². The summed E-state index contributed by atoms with van der Waals surface area (Å²) >= 11 is 1.61. The zero-order chi connectivity index (χ0) is 15.7. The first-order valence-electron chi connectivity index (χ1n) is 6.67. The smallest absolute Gasteiger partial charge is 0.337 e. The van der Waals surface area contributed by atoms with Crippen LogP contribution in [0, 0.1) is 13.8 Å². The van der Waals surface area contributed by atoms with Crippen LogP contribution in [0.3, 0.4) is 0 Å². The maximum Gasteiger partial charge on any atom is 0.337 e. The molecule has 0 atom stereocenters. The van der Waals surface area contributed by atoms with Gasteiger partial charge >= 0.3 is 5.97 Å². The lowest BCUT2D eigenvalue weighted by Gasteiger charge is -2.07. The molecule has 0 saturated heterocycles. The average molecular weight is 314 g/mol. The van der Waals surface area contributed by atoms with E-state index in [4.69, 9.17) is 9.47 Å². The number of benzene rings is 1. The number of hydrogen-bond acceptors (Lipinski definition) is 6. The minimum Gasteiger partial charge on any atom is -0.465 e. The van der Waals surface area contributed by atoms with Gasteiger partial charge in [0.25, 0.3) is 0 Å². The van der Waals surface area contributed by atoms with Crippen molar-refractivity contribution in [3.63, 3.8) is 0 Å². The molecule has 0 aliphatic carbocycles. The van der Waals surface area contributed by atoms with E-state index in [1.807, 2.05) is 13.8 Å². The quantitative estimate of drug-likeness (QED) is 0.686. The average Bonchev–Trinajstić information content (AvgIpc) is 2.82. The number of esters is 1. The molecular formula is C16H14N2O3S. The van der Waals surface area contributed by atoms with Crippen LogP contribution in [0.4, 0.5) is 0 Å². The number of aromatic nitrogens is 2. The number of fused-ring (bicyclic) bond motifs is 1. The Morgan fingerprint density at radius 2 is 2.05 bits per heavy atom. The van der Waals surface area contributed by atoms with Crippen LogP contribution < -0.4 is 4.74 Å². The van der Waals surface area contributed by atoms with Gasteiger partial charge in [-0.1, -0.05) is 6.07 Å². The van der Waals surface area contributed by atoms with Crippen molar-refractivity contribution in [1.29, 1.82) is 0 Å². The van der Waals surface area contributed by atoms with Crippen LogP contribution in [0.1, 0.15) is 20.8 Å². The predicted molar refractivity (Wildman–Crippen MR) is 84.7 cm³/mol. The van der Waals surface area contributed by atoms with Crippen molar-refractivity contribution in [2.24, 2.45) is 0 Å². The summed E-state index contributed by atoms with van der Waals surface area (Å²) in [6, 6.07) is 6.82. The van der Waals surface area contributed by atoms with Gasteiger partial charge in [0.2, 0.25) is 5.88 Å². The third-order valence-electron chi connectivity index (χ3n) is 3.40. The largest absolute Gasteiger partial charge is 0.465 e. The van der Waals surface area contributed by atoms with Crippen molar-refractivity contribution in [2.75, 3.05) is 7.11 Å². The molecule has 0 unspecified atom stereocenters. The molecule has 0 aliphatic rings. The summed E-state index contributed by atoms with van der Waals surface area (Å²) in [5, 5.41) is 0.911. The van der Waals surface area contributed by atoms with Gasteiger partial charge in [-0.15, -0.1) is 11.3 Å². The van der Waals surface area contributed by atoms with Crippen LogP contribution in [0.2, 0.25) is 0 Å². The Kier molecular flexibility index (Phi) is 3.77. The van der Waals surface area contributed by atoms with Crippen LogP contribution in [-0.4, -0.2) is 23.0 Å². The maximum absolute atomic E-state index is 11.6. The fourth-order valence-electron chi connectivity index (χ4n) is 2.14. The number of thiophene rings is 1. The monoisotopic (exact) mass is 314 g/mol. The van der Waals surface area contributed by atoms with Gasteiger partial charge in [0.1, 0.15) is 16.9 Å². The van der Waals surface area contributed by atoms with Gasteiger partial charge in [-0.2, -0.15) is 0 Å². The normalized spacial score (nSPS) is 10.7. The third-order valence-corrected chi connectivity index (χ3v) is 4.52. The van der Waals surface area contributed by atoms with Crippen molar-refractivity contribution in [3.8, 4) is 11.6 Å². The first-order valence-corrected chi connectivity index (χ1v) is 7.48. The van der Waals surface area contributed by atoms with Crippen LogP contribution >= 0.6 is 11.3 Å². The number of rotatable bonds is 3. The highest BCUT2D eigenvalue weighted by Gasteiger charge is 2.14. The first kappa shape index (κ1) is 14.5. The van der Waals surface area contributed by atoms with E-state index in [-0.39, 0.29) is 0 Å². The minimum absolute atomic E-state index is 0.402. The molecule has 0 spiro atoms. The summed E-state index contributed by atoms with van der Waals surface area (Å²) in [6.45, 7) is 4.07. The molecule has 3 aromatic rings. The SMILES string of the molecule is COC(=O)c1cccc(Oc2ncnc3sc(C)c(C)c23)c1. The lowest BCUT2D eigenvalue weighted by atomic mass is 10.2. The van der Waals surface area contributed by atoms with Crippen molar-refractivity contribution >= 4 is 27.5 Å². The fraction of sp³-hybridized carbons (Fsp3) is 0.188. The predicted octanol–water partition coefficient (Wildman–Crippen LogP) is 3.89. The van der Waals surface area contributed by atoms with E-state index < -0.39 is 5.97 Å². The van der Waals surface area contributed by atoms with E-state index in [0.29, 0.717) is 17.2 Å². The molecule has 0 amide bonds. The first-order chi connectivity index (χ1) is 10.6. The van der Waals surface area contributed by atoms with Gasteiger partial charge in [-0.05, 0) is 37.6 Å². The highest BCUT2D eigenvalue weighted by Crippen LogP contribution is 2.35. The molecule has 6 heteroatoms. The molecule has 2 heterocycles. The number of aryl methyl sites for hydroxylation is 2. The second kappa shape index (κ2) is 5.73. The van der Waals surface area contributed by atoms with Crippen molar-refractivity contribution < 1.29 is 14.3 Å². The number of ether oxygens (including phenoxy) is 2. The molecule has 0 saturated carbocycles. The Morgan fingerprint density at radius 1 is 1.23 bits per heavy atom. The van der Waals surface area contributed by atoms with Gasteiger partial charge in [0.05, 0.1) is 18.1 Å². The molecule has 1 aromatic carbocycles. The zero-order valence-electron chi connectivity index (χ0n) is 12.4. The molecule has 0 aliphatic heterocycles. The highest BCUT2D eigenvalue weighted by atomic mass is 32.1. The molecule has 2 aromatic heterocycles. The van der Waals surface area contributed by atoms with Crippen molar-refractivity contribution in [1.82, 2.24) is 9.97 Å². The Morgan fingerprint density at radius 3 is 2.82 bits per heavy atom. The van der Waals surface area contributed by atoms with Gasteiger partial charge in [0.15, 0.2) is 0 Å². The number of carbonyl (C=O) groups excluding carboxylic acids is 1. The summed E-state index contributed by atoms with van der Waals surface area (Å²) in [5.41, 5.74) is 1.54. The minimum atomic E-state index is -0.402. The zero-order valence-corrected chi connectivity index (χ0v) is 13.2. The molecule has 0 fully saturated rings. The molecular weight excluding hydrogens is 300 g/mol. The maximum atomic E-state index is 11.6. The van der Waals surface area contributed by atoms with Crippen LogP contribution in [0.5, 0.6) is 11.6 Å². The lowest BCUT2D eigenvalue weighted by molar-refractivity contribution is 0.0600. The number of carbonyl (C=O) groups is 1. The topological polar surface area (TPSA) is 61.3 Å². The van der Waals surface area contributed by atoms with Gasteiger partial charge in [-0.3, -0.25) is 0 Å². The summed E-state index contributed by atoms with van der Waals surface area (Å²) in [5.74, 6) is 0.626. The Balaban J connectivity index is 2.02. The van der Waals surface area contributed by atoms with E-state index in [2.05, 4.69) is 9.97 Å². The summed E-state index contributed by atoms with van der Waals surface area (Å²) in [7, 11) is 1.35. The van der Waals surface area contributed by atoms with Crippen LogP contribution in [0.25, 0.3) is 10.2 Å². The molecule has 0 bridgehead atoms. The lowest BCUT2D eigenvalue weighted by Crippen LogP contribution is -2.01. The Bertz CT molecular complexity index is 858. The molecule has 5 nitrogen and oxygen atoms in total. The Hall–Kier alpha value is -2.47. The second-order valence-electron chi connectivity index (χ2n) is 4.76. The van der Waals surface area contributed by atoms with E-state index in [9.17, 15) is 4.79 Å². The number of nitrogens with zero attached hydrogens (tertiary/aromatic N) is 2. The number of methoxy groups -OCH3 is 1. The molecule has 0 N–H and O–H groups in total. The van der Waals surface area contributed by atoms with Crippen LogP contribution in [-0.2, 0) is 4.74 Å². The summed E-state index contributed by atoms with van der Waals surface area (Å²) in [4.78, 5) is 22.2. The second-order valence-corrected chi connectivity index (χ2v) is 5.97. The fourth-order valence-corrected chi connectivity index (χ4v) is 3.13. The van der Waals surface area contributed by atoms with Gasteiger partial charge < -0.3 is 9.47 Å². The molecule has 112 valence electrons.